The average molecular weight is 248 g/mol. The van der Waals surface area contributed by atoms with Gasteiger partial charge in [0.1, 0.15) is 0 Å². The van der Waals surface area contributed by atoms with Crippen molar-refractivity contribution >= 4 is 24.2 Å². The molecule has 2 fully saturated rings. The van der Waals surface area contributed by atoms with E-state index in [2.05, 4.69) is 16.0 Å². The third-order valence-electron chi connectivity index (χ3n) is 2.74. The summed E-state index contributed by atoms with van der Waals surface area (Å²) in [6, 6.07) is 0.262. The summed E-state index contributed by atoms with van der Waals surface area (Å²) in [6.45, 7) is 1.000. The number of carbonyl (C=O) groups excluding carboxylic acids is 2. The van der Waals surface area contributed by atoms with Gasteiger partial charge in [0.15, 0.2) is 0 Å². The average Bonchev–Trinajstić information content (AvgIpc) is 2.86. The monoisotopic (exact) mass is 247 g/mol. The lowest BCUT2D eigenvalue weighted by Crippen LogP contribution is -2.45. The molecule has 1 atom stereocenters. The van der Waals surface area contributed by atoms with Gasteiger partial charge in [-0.25, -0.2) is 0 Å². The van der Waals surface area contributed by atoms with E-state index in [9.17, 15) is 9.59 Å². The SMILES string of the molecule is Cl.O=C(CNC(=O)C1CCCN1)NC1CC1. The Balaban J connectivity index is 0.00000128. The minimum absolute atomic E-state index is 0. The van der Waals surface area contributed by atoms with Crippen molar-refractivity contribution in [1.82, 2.24) is 16.0 Å². The van der Waals surface area contributed by atoms with Crippen molar-refractivity contribution < 1.29 is 9.59 Å². The number of carbonyl (C=O) groups is 2. The van der Waals surface area contributed by atoms with E-state index in [4.69, 9.17) is 0 Å². The second kappa shape index (κ2) is 6.06. The number of nitrogens with one attached hydrogen (secondary N) is 3. The van der Waals surface area contributed by atoms with Crippen LogP contribution in [0.2, 0.25) is 0 Å². The van der Waals surface area contributed by atoms with Crippen LogP contribution in [0.1, 0.15) is 25.7 Å². The van der Waals surface area contributed by atoms with Crippen LogP contribution >= 0.6 is 12.4 Å². The fourth-order valence-electron chi connectivity index (χ4n) is 1.71. The Labute approximate surface area is 101 Å². The molecule has 16 heavy (non-hydrogen) atoms. The number of halogens is 1. The maximum atomic E-state index is 11.5. The summed E-state index contributed by atoms with van der Waals surface area (Å²) in [5.41, 5.74) is 0. The van der Waals surface area contributed by atoms with E-state index in [-0.39, 0.29) is 36.8 Å². The quantitative estimate of drug-likeness (QED) is 0.631. The predicted molar refractivity (Wildman–Crippen MR) is 62.4 cm³/mol. The summed E-state index contributed by atoms with van der Waals surface area (Å²) in [4.78, 5) is 22.8. The fourth-order valence-corrected chi connectivity index (χ4v) is 1.71. The molecule has 1 aliphatic carbocycles. The highest BCUT2D eigenvalue weighted by molar-refractivity contribution is 5.87. The van der Waals surface area contributed by atoms with Crippen molar-refractivity contribution in [2.75, 3.05) is 13.1 Å². The Bertz CT molecular complexity index is 263. The van der Waals surface area contributed by atoms with Gasteiger partial charge in [-0.3, -0.25) is 9.59 Å². The first-order valence-corrected chi connectivity index (χ1v) is 5.56. The summed E-state index contributed by atoms with van der Waals surface area (Å²) in [6.07, 6.45) is 4.05. The molecular weight excluding hydrogens is 230 g/mol. The molecule has 2 aliphatic rings. The summed E-state index contributed by atoms with van der Waals surface area (Å²) < 4.78 is 0. The minimum atomic E-state index is -0.0984. The Hall–Kier alpha value is -0.810. The fraction of sp³-hybridized carbons (Fsp3) is 0.800. The zero-order chi connectivity index (χ0) is 10.7. The van der Waals surface area contributed by atoms with E-state index in [1.54, 1.807) is 0 Å². The van der Waals surface area contributed by atoms with Gasteiger partial charge in [-0.15, -0.1) is 12.4 Å². The number of hydrogen-bond donors (Lipinski definition) is 3. The van der Waals surface area contributed by atoms with Crippen LogP contribution in [0.3, 0.4) is 0 Å². The van der Waals surface area contributed by atoms with Crippen LogP contribution in [0.25, 0.3) is 0 Å². The smallest absolute Gasteiger partial charge is 0.239 e. The second-order valence-corrected chi connectivity index (χ2v) is 4.21. The molecule has 5 nitrogen and oxygen atoms in total. The van der Waals surface area contributed by atoms with E-state index in [0.29, 0.717) is 6.04 Å². The van der Waals surface area contributed by atoms with Gasteiger partial charge in [0, 0.05) is 6.04 Å². The van der Waals surface area contributed by atoms with Crippen molar-refractivity contribution in [3.8, 4) is 0 Å². The normalized spacial score (nSPS) is 23.4. The first-order chi connectivity index (χ1) is 7.25. The lowest BCUT2D eigenvalue weighted by atomic mass is 10.2. The van der Waals surface area contributed by atoms with Gasteiger partial charge in [0.05, 0.1) is 12.6 Å². The molecule has 0 spiro atoms. The van der Waals surface area contributed by atoms with Crippen LogP contribution in [0.4, 0.5) is 0 Å². The third-order valence-corrected chi connectivity index (χ3v) is 2.74. The van der Waals surface area contributed by atoms with Crippen LogP contribution in [-0.2, 0) is 9.59 Å². The number of hydrogen-bond acceptors (Lipinski definition) is 3. The Morgan fingerprint density at radius 1 is 1.25 bits per heavy atom. The molecule has 1 unspecified atom stereocenters. The van der Waals surface area contributed by atoms with Crippen molar-refractivity contribution in [2.24, 2.45) is 0 Å². The molecule has 6 heteroatoms. The van der Waals surface area contributed by atoms with Gasteiger partial charge in [-0.05, 0) is 32.2 Å². The van der Waals surface area contributed by atoms with Gasteiger partial charge in [0.25, 0.3) is 0 Å². The molecule has 0 aromatic heterocycles. The maximum absolute atomic E-state index is 11.5. The number of rotatable bonds is 4. The summed E-state index contributed by atoms with van der Waals surface area (Å²) in [5.74, 6) is -0.137. The third kappa shape index (κ3) is 3.98. The van der Waals surface area contributed by atoms with E-state index in [0.717, 1.165) is 32.2 Å². The van der Waals surface area contributed by atoms with Gasteiger partial charge in [0.2, 0.25) is 11.8 Å². The summed E-state index contributed by atoms with van der Waals surface area (Å²) >= 11 is 0. The molecule has 0 aromatic rings. The number of amides is 2. The summed E-state index contributed by atoms with van der Waals surface area (Å²) in [7, 11) is 0. The highest BCUT2D eigenvalue weighted by Crippen LogP contribution is 2.18. The Morgan fingerprint density at radius 3 is 2.56 bits per heavy atom. The molecule has 1 saturated heterocycles. The van der Waals surface area contributed by atoms with Crippen LogP contribution in [0.15, 0.2) is 0 Å². The van der Waals surface area contributed by atoms with Gasteiger partial charge >= 0.3 is 0 Å². The van der Waals surface area contributed by atoms with Gasteiger partial charge in [-0.2, -0.15) is 0 Å². The summed E-state index contributed by atoms with van der Waals surface area (Å²) in [5, 5.41) is 8.56. The molecule has 1 saturated carbocycles. The molecule has 1 aliphatic heterocycles. The van der Waals surface area contributed by atoms with E-state index >= 15 is 0 Å². The zero-order valence-corrected chi connectivity index (χ0v) is 9.94. The largest absolute Gasteiger partial charge is 0.352 e. The molecule has 1 heterocycles. The molecule has 92 valence electrons. The zero-order valence-electron chi connectivity index (χ0n) is 9.12. The molecule has 2 rings (SSSR count). The topological polar surface area (TPSA) is 70.2 Å². The van der Waals surface area contributed by atoms with Crippen LogP contribution < -0.4 is 16.0 Å². The highest BCUT2D eigenvalue weighted by atomic mass is 35.5. The molecule has 3 N–H and O–H groups in total. The van der Waals surface area contributed by atoms with E-state index in [1.807, 2.05) is 0 Å². The van der Waals surface area contributed by atoms with Gasteiger partial charge < -0.3 is 16.0 Å². The molecular formula is C10H18ClN3O2. The van der Waals surface area contributed by atoms with Crippen molar-refractivity contribution in [1.29, 1.82) is 0 Å². The predicted octanol–water partition coefficient (Wildman–Crippen LogP) is -0.445. The van der Waals surface area contributed by atoms with Crippen LogP contribution in [0, 0.1) is 0 Å². The first-order valence-electron chi connectivity index (χ1n) is 5.56. The second-order valence-electron chi connectivity index (χ2n) is 4.21. The van der Waals surface area contributed by atoms with Crippen LogP contribution in [-0.4, -0.2) is 37.0 Å². The van der Waals surface area contributed by atoms with E-state index in [1.165, 1.54) is 0 Å². The van der Waals surface area contributed by atoms with Crippen molar-refractivity contribution in [2.45, 2.75) is 37.8 Å². The lowest BCUT2D eigenvalue weighted by Gasteiger charge is -2.10. The van der Waals surface area contributed by atoms with Crippen molar-refractivity contribution in [3.05, 3.63) is 0 Å². The highest BCUT2D eigenvalue weighted by Gasteiger charge is 2.25. The van der Waals surface area contributed by atoms with Gasteiger partial charge in [-0.1, -0.05) is 0 Å². The molecule has 0 radical (unpaired) electrons. The molecule has 0 aromatic carbocycles. The Morgan fingerprint density at radius 2 is 2.00 bits per heavy atom. The maximum Gasteiger partial charge on any atom is 0.239 e. The lowest BCUT2D eigenvalue weighted by molar-refractivity contribution is -0.127. The Kier molecular flexibility index (Phi) is 5.02. The first kappa shape index (κ1) is 13.3. The van der Waals surface area contributed by atoms with E-state index < -0.39 is 0 Å². The molecule has 0 bridgehead atoms. The standard InChI is InChI=1S/C10H17N3O2.ClH/c14-9(13-7-3-4-7)6-12-10(15)8-2-1-5-11-8;/h7-8,11H,1-6H2,(H,12,15)(H,13,14);1H. The minimum Gasteiger partial charge on any atom is -0.352 e. The van der Waals surface area contributed by atoms with Crippen LogP contribution in [0.5, 0.6) is 0 Å². The molecule has 2 amide bonds. The van der Waals surface area contributed by atoms with Crippen molar-refractivity contribution in [3.63, 3.8) is 0 Å².